The van der Waals surface area contributed by atoms with E-state index in [0.29, 0.717) is 30.3 Å². The molecule has 0 amide bonds. The van der Waals surface area contributed by atoms with Crippen molar-refractivity contribution in [3.63, 3.8) is 0 Å². The molecule has 0 spiro atoms. The summed E-state index contributed by atoms with van der Waals surface area (Å²) in [7, 11) is 1.24. The third-order valence-corrected chi connectivity index (χ3v) is 5.70. The Balaban J connectivity index is 1.51. The van der Waals surface area contributed by atoms with Crippen molar-refractivity contribution < 1.29 is 33.3 Å². The first kappa shape index (κ1) is 30.5. The predicted octanol–water partition coefficient (Wildman–Crippen LogP) is 5.81. The van der Waals surface area contributed by atoms with E-state index in [2.05, 4.69) is 16.8 Å². The number of methoxy groups -OCH3 is 1. The summed E-state index contributed by atoms with van der Waals surface area (Å²) in [5.41, 5.74) is 1.56. The number of ether oxygens (including phenoxy) is 4. The van der Waals surface area contributed by atoms with Crippen LogP contribution in [0.2, 0.25) is 0 Å². The van der Waals surface area contributed by atoms with Crippen molar-refractivity contribution in [2.75, 3.05) is 20.3 Å². The third-order valence-electron chi connectivity index (χ3n) is 5.70. The molecule has 0 unspecified atom stereocenters. The molecule has 9 nitrogen and oxygen atoms in total. The Hall–Kier alpha value is -5.05. The van der Waals surface area contributed by atoms with Crippen LogP contribution in [0.3, 0.4) is 0 Å². The molecule has 0 saturated heterocycles. The van der Waals surface area contributed by atoms with Crippen molar-refractivity contribution in [2.24, 2.45) is 10.2 Å². The van der Waals surface area contributed by atoms with Crippen LogP contribution in [0, 0.1) is 0 Å². The second kappa shape index (κ2) is 16.8. The van der Waals surface area contributed by atoms with Crippen LogP contribution in [0.15, 0.2) is 95.7 Å². The minimum absolute atomic E-state index is 0.0484. The molecular formula is C32H32N2O7. The van der Waals surface area contributed by atoms with Gasteiger partial charge >= 0.3 is 17.9 Å². The standard InChI is InChI=1S/C32H32N2O7/c1-3-30(35)40-20-10-5-4-9-19-39-26-14-16-27(17-15-26)41-32(37)28-18-13-25(21-29(28)31(36)38-2)23-34-33-22-24-11-7-6-8-12-24/h3,6-8,11-18,21-23H,1,4-5,9-10,19-20H2,2H3/b33-22+,34-23+. The van der Waals surface area contributed by atoms with E-state index in [4.69, 9.17) is 18.9 Å². The lowest BCUT2D eigenvalue weighted by Crippen LogP contribution is -2.15. The van der Waals surface area contributed by atoms with Gasteiger partial charge < -0.3 is 18.9 Å². The van der Waals surface area contributed by atoms with Gasteiger partial charge in [0.15, 0.2) is 0 Å². The Morgan fingerprint density at radius 3 is 2.07 bits per heavy atom. The van der Waals surface area contributed by atoms with Crippen LogP contribution in [0.4, 0.5) is 0 Å². The van der Waals surface area contributed by atoms with Crippen molar-refractivity contribution in [2.45, 2.75) is 25.7 Å². The van der Waals surface area contributed by atoms with E-state index < -0.39 is 17.9 Å². The average Bonchev–Trinajstić information content (AvgIpc) is 3.01. The maximum absolute atomic E-state index is 12.9. The van der Waals surface area contributed by atoms with Crippen LogP contribution in [0.25, 0.3) is 0 Å². The number of unbranched alkanes of at least 4 members (excludes halogenated alkanes) is 3. The Morgan fingerprint density at radius 1 is 0.732 bits per heavy atom. The fourth-order valence-electron chi connectivity index (χ4n) is 3.58. The van der Waals surface area contributed by atoms with Gasteiger partial charge in [-0.1, -0.05) is 43.0 Å². The third kappa shape index (κ3) is 10.6. The normalized spacial score (nSPS) is 10.9. The zero-order chi connectivity index (χ0) is 29.3. The van der Waals surface area contributed by atoms with Gasteiger partial charge in [-0.15, -0.1) is 0 Å². The molecule has 0 atom stereocenters. The lowest BCUT2D eigenvalue weighted by Gasteiger charge is -2.10. The molecule has 0 aliphatic carbocycles. The highest BCUT2D eigenvalue weighted by Gasteiger charge is 2.20. The smallest absolute Gasteiger partial charge is 0.344 e. The van der Waals surface area contributed by atoms with Crippen molar-refractivity contribution in [3.05, 3.63) is 108 Å². The van der Waals surface area contributed by atoms with E-state index in [1.54, 1.807) is 36.5 Å². The summed E-state index contributed by atoms with van der Waals surface area (Å²) in [4.78, 5) is 36.3. The summed E-state index contributed by atoms with van der Waals surface area (Å²) in [6.07, 6.45) is 7.73. The minimum atomic E-state index is -0.705. The zero-order valence-electron chi connectivity index (χ0n) is 22.9. The topological polar surface area (TPSA) is 113 Å². The minimum Gasteiger partial charge on any atom is -0.494 e. The highest BCUT2D eigenvalue weighted by atomic mass is 16.5. The summed E-state index contributed by atoms with van der Waals surface area (Å²) in [6, 6.07) is 20.7. The van der Waals surface area contributed by atoms with Crippen molar-refractivity contribution in [1.29, 1.82) is 0 Å². The van der Waals surface area contributed by atoms with Crippen LogP contribution in [-0.4, -0.2) is 50.7 Å². The quantitative estimate of drug-likeness (QED) is 0.0579. The largest absolute Gasteiger partial charge is 0.494 e. The maximum Gasteiger partial charge on any atom is 0.344 e. The molecule has 0 aliphatic heterocycles. The summed E-state index contributed by atoms with van der Waals surface area (Å²) in [5, 5.41) is 8.02. The Morgan fingerprint density at radius 2 is 1.39 bits per heavy atom. The zero-order valence-corrected chi connectivity index (χ0v) is 22.9. The lowest BCUT2D eigenvalue weighted by atomic mass is 10.0. The molecule has 3 aromatic rings. The van der Waals surface area contributed by atoms with Gasteiger partial charge in [0.2, 0.25) is 0 Å². The molecule has 41 heavy (non-hydrogen) atoms. The summed E-state index contributed by atoms with van der Waals surface area (Å²) >= 11 is 0. The molecule has 3 aromatic carbocycles. The van der Waals surface area contributed by atoms with E-state index in [0.717, 1.165) is 37.3 Å². The average molecular weight is 557 g/mol. The number of benzene rings is 3. The summed E-state index contributed by atoms with van der Waals surface area (Å²) in [5.74, 6) is -0.854. The molecule has 0 radical (unpaired) electrons. The van der Waals surface area contributed by atoms with E-state index in [1.807, 2.05) is 30.3 Å². The van der Waals surface area contributed by atoms with Crippen molar-refractivity contribution in [1.82, 2.24) is 0 Å². The van der Waals surface area contributed by atoms with Crippen LogP contribution in [-0.2, 0) is 14.3 Å². The maximum atomic E-state index is 12.9. The number of nitrogens with zero attached hydrogens (tertiary/aromatic N) is 2. The van der Waals surface area contributed by atoms with Crippen LogP contribution in [0.1, 0.15) is 57.5 Å². The Kier molecular flexibility index (Phi) is 12.5. The van der Waals surface area contributed by atoms with Gasteiger partial charge in [-0.3, -0.25) is 0 Å². The number of carbonyl (C=O) groups is 3. The Bertz CT molecular complexity index is 1370. The van der Waals surface area contributed by atoms with Gasteiger partial charge in [-0.2, -0.15) is 10.2 Å². The van der Waals surface area contributed by atoms with Crippen LogP contribution in [0.5, 0.6) is 11.5 Å². The number of hydrogen-bond acceptors (Lipinski definition) is 9. The number of hydrogen-bond donors (Lipinski definition) is 0. The van der Waals surface area contributed by atoms with Crippen LogP contribution >= 0.6 is 0 Å². The van der Waals surface area contributed by atoms with Gasteiger partial charge in [-0.05, 0) is 73.2 Å². The van der Waals surface area contributed by atoms with Crippen molar-refractivity contribution >= 4 is 30.3 Å². The predicted molar refractivity (Wildman–Crippen MR) is 156 cm³/mol. The van der Waals surface area contributed by atoms with Gasteiger partial charge in [0.05, 0.1) is 43.9 Å². The van der Waals surface area contributed by atoms with Crippen LogP contribution < -0.4 is 9.47 Å². The highest BCUT2D eigenvalue weighted by molar-refractivity contribution is 6.05. The molecule has 0 heterocycles. The molecule has 0 fully saturated rings. The van der Waals surface area contributed by atoms with Crippen molar-refractivity contribution in [3.8, 4) is 11.5 Å². The monoisotopic (exact) mass is 556 g/mol. The van der Waals surface area contributed by atoms with Gasteiger partial charge in [0.25, 0.3) is 0 Å². The first-order valence-electron chi connectivity index (χ1n) is 13.1. The van der Waals surface area contributed by atoms with Gasteiger partial charge in [0, 0.05) is 6.08 Å². The number of esters is 3. The van der Waals surface area contributed by atoms with E-state index in [-0.39, 0.29) is 11.1 Å². The molecule has 0 aromatic heterocycles. The SMILES string of the molecule is C=CC(=O)OCCCCCCOc1ccc(OC(=O)c2ccc(/C=N/N=C/c3ccccc3)cc2C(=O)OC)cc1. The Labute approximate surface area is 239 Å². The molecular weight excluding hydrogens is 524 g/mol. The highest BCUT2D eigenvalue weighted by Crippen LogP contribution is 2.21. The fraction of sp³-hybridized carbons (Fsp3) is 0.219. The fourth-order valence-corrected chi connectivity index (χ4v) is 3.58. The van der Waals surface area contributed by atoms with Gasteiger partial charge in [-0.25, -0.2) is 14.4 Å². The van der Waals surface area contributed by atoms with E-state index in [1.165, 1.54) is 25.5 Å². The molecule has 0 N–H and O–H groups in total. The first-order valence-corrected chi connectivity index (χ1v) is 13.1. The second-order valence-electron chi connectivity index (χ2n) is 8.69. The second-order valence-corrected chi connectivity index (χ2v) is 8.69. The molecule has 0 aliphatic rings. The molecule has 3 rings (SSSR count). The molecule has 0 saturated carbocycles. The first-order chi connectivity index (χ1) is 20.0. The number of carbonyl (C=O) groups excluding carboxylic acids is 3. The molecule has 212 valence electrons. The lowest BCUT2D eigenvalue weighted by molar-refractivity contribution is -0.137. The molecule has 0 bridgehead atoms. The number of rotatable bonds is 15. The molecule has 9 heteroatoms. The summed E-state index contributed by atoms with van der Waals surface area (Å²) < 4.78 is 21.0. The van der Waals surface area contributed by atoms with E-state index in [9.17, 15) is 14.4 Å². The van der Waals surface area contributed by atoms with Gasteiger partial charge in [0.1, 0.15) is 11.5 Å². The van der Waals surface area contributed by atoms with E-state index >= 15 is 0 Å². The summed E-state index contributed by atoms with van der Waals surface area (Å²) in [6.45, 7) is 4.27.